The van der Waals surface area contributed by atoms with Crippen LogP contribution >= 0.6 is 11.3 Å². The molecule has 0 saturated carbocycles. The number of anilines is 1. The minimum absolute atomic E-state index is 0.241. The van der Waals surface area contributed by atoms with Crippen LogP contribution in [0.25, 0.3) is 10.2 Å². The zero-order chi connectivity index (χ0) is 22.6. The van der Waals surface area contributed by atoms with Gasteiger partial charge < -0.3 is 14.2 Å². The van der Waals surface area contributed by atoms with Crippen LogP contribution in [0.4, 0.5) is 5.69 Å². The molecule has 1 amide bonds. The van der Waals surface area contributed by atoms with Crippen molar-refractivity contribution in [2.24, 2.45) is 4.99 Å². The molecule has 0 aliphatic heterocycles. The lowest BCUT2D eigenvalue weighted by Gasteiger charge is -2.20. The van der Waals surface area contributed by atoms with Crippen molar-refractivity contribution in [3.05, 3.63) is 52.8 Å². The number of hydrogen-bond acceptors (Lipinski definition) is 6. The van der Waals surface area contributed by atoms with Crippen molar-refractivity contribution in [2.75, 3.05) is 38.0 Å². The van der Waals surface area contributed by atoms with Crippen LogP contribution in [0.2, 0.25) is 0 Å². The Bertz CT molecular complexity index is 1240. The van der Waals surface area contributed by atoms with Gasteiger partial charge in [-0.05, 0) is 56.3 Å². The van der Waals surface area contributed by atoms with Crippen molar-refractivity contribution >= 4 is 43.0 Å². The number of fused-ring (bicyclic) bond motifs is 1. The van der Waals surface area contributed by atoms with E-state index in [4.69, 9.17) is 4.74 Å². The summed E-state index contributed by atoms with van der Waals surface area (Å²) in [5.74, 6) is -0.341. The van der Waals surface area contributed by atoms with Crippen LogP contribution in [-0.4, -0.2) is 52.0 Å². The minimum atomic E-state index is -3.33. The third-order valence-corrected chi connectivity index (χ3v) is 7.19. The lowest BCUT2D eigenvalue weighted by Crippen LogP contribution is -2.21. The largest absolute Gasteiger partial charge is 0.383 e. The molecule has 3 rings (SSSR count). The molecule has 7 nitrogen and oxygen atoms in total. The van der Waals surface area contributed by atoms with Gasteiger partial charge >= 0.3 is 0 Å². The zero-order valence-electron chi connectivity index (χ0n) is 18.2. The fourth-order valence-corrected chi connectivity index (χ4v) is 5.14. The first-order chi connectivity index (χ1) is 14.8. The van der Waals surface area contributed by atoms with E-state index in [0.717, 1.165) is 29.0 Å². The van der Waals surface area contributed by atoms with E-state index >= 15 is 0 Å². The number of benzene rings is 2. The van der Waals surface area contributed by atoms with Crippen LogP contribution in [0.5, 0.6) is 0 Å². The van der Waals surface area contributed by atoms with Gasteiger partial charge in [-0.15, -0.1) is 0 Å². The van der Waals surface area contributed by atoms with Gasteiger partial charge in [0, 0.05) is 44.3 Å². The van der Waals surface area contributed by atoms with Crippen LogP contribution in [-0.2, 0) is 21.1 Å². The standard InChI is InChI=1S/C22H27N3O4S2/c1-5-24(6-2)17-9-7-16(8-10-17)21(26)23-22-25(13-14-29-3)19-12-11-18(31(4,27)28)15-20(19)30-22/h7-12,15H,5-6,13-14H2,1-4H3. The highest BCUT2D eigenvalue weighted by Gasteiger charge is 2.13. The SMILES string of the molecule is CCN(CC)c1ccc(C(=O)N=c2sc3cc(S(C)(=O)=O)ccc3n2CCOC)cc1. The van der Waals surface area contributed by atoms with Gasteiger partial charge in [0.25, 0.3) is 5.91 Å². The number of hydrogen-bond donors (Lipinski definition) is 0. The Balaban J connectivity index is 2.04. The average molecular weight is 462 g/mol. The van der Waals surface area contributed by atoms with Gasteiger partial charge in [-0.2, -0.15) is 4.99 Å². The lowest BCUT2D eigenvalue weighted by molar-refractivity contribution is 0.0997. The molecule has 0 aliphatic rings. The Morgan fingerprint density at radius 3 is 2.39 bits per heavy atom. The maximum Gasteiger partial charge on any atom is 0.279 e. The van der Waals surface area contributed by atoms with E-state index in [9.17, 15) is 13.2 Å². The molecule has 166 valence electrons. The molecule has 3 aromatic rings. The molecule has 0 N–H and O–H groups in total. The van der Waals surface area contributed by atoms with Gasteiger partial charge in [0.15, 0.2) is 14.6 Å². The second-order valence-corrected chi connectivity index (χ2v) is 10.1. The summed E-state index contributed by atoms with van der Waals surface area (Å²) in [5.41, 5.74) is 2.38. The third-order valence-electron chi connectivity index (χ3n) is 5.04. The quantitative estimate of drug-likeness (QED) is 0.514. The zero-order valence-corrected chi connectivity index (χ0v) is 19.8. The van der Waals surface area contributed by atoms with Crippen molar-refractivity contribution in [2.45, 2.75) is 25.3 Å². The first kappa shape index (κ1) is 23.2. The maximum absolute atomic E-state index is 12.8. The minimum Gasteiger partial charge on any atom is -0.383 e. The highest BCUT2D eigenvalue weighted by Crippen LogP contribution is 2.22. The van der Waals surface area contributed by atoms with Gasteiger partial charge in [0.1, 0.15) is 0 Å². The summed E-state index contributed by atoms with van der Waals surface area (Å²) < 4.78 is 31.7. The maximum atomic E-state index is 12.8. The molecule has 0 spiro atoms. The molecule has 0 atom stereocenters. The highest BCUT2D eigenvalue weighted by molar-refractivity contribution is 7.90. The fourth-order valence-electron chi connectivity index (χ4n) is 3.32. The van der Waals surface area contributed by atoms with Gasteiger partial charge in [0.05, 0.1) is 21.7 Å². The highest BCUT2D eigenvalue weighted by atomic mass is 32.2. The van der Waals surface area contributed by atoms with Gasteiger partial charge in [-0.3, -0.25) is 4.79 Å². The van der Waals surface area contributed by atoms with Crippen molar-refractivity contribution in [1.29, 1.82) is 0 Å². The van der Waals surface area contributed by atoms with Crippen molar-refractivity contribution < 1.29 is 17.9 Å². The first-order valence-corrected chi connectivity index (χ1v) is 12.8. The number of carbonyl (C=O) groups is 1. The summed E-state index contributed by atoms with van der Waals surface area (Å²) in [5, 5.41) is 0. The van der Waals surface area contributed by atoms with E-state index in [-0.39, 0.29) is 10.8 Å². The lowest BCUT2D eigenvalue weighted by atomic mass is 10.2. The molecule has 1 aromatic heterocycles. The van der Waals surface area contributed by atoms with Crippen LogP contribution in [0.3, 0.4) is 0 Å². The number of ether oxygens (including phenoxy) is 1. The van der Waals surface area contributed by atoms with Crippen molar-refractivity contribution in [3.8, 4) is 0 Å². The summed E-state index contributed by atoms with van der Waals surface area (Å²) in [6.07, 6.45) is 1.18. The molecule has 1 heterocycles. The number of thiazole rings is 1. The molecular weight excluding hydrogens is 434 g/mol. The van der Waals surface area contributed by atoms with Crippen LogP contribution < -0.4 is 9.70 Å². The predicted octanol–water partition coefficient (Wildman–Crippen LogP) is 3.34. The molecule has 9 heteroatoms. The summed E-state index contributed by atoms with van der Waals surface area (Å²) >= 11 is 1.29. The monoisotopic (exact) mass is 461 g/mol. The van der Waals surface area contributed by atoms with E-state index in [1.165, 1.54) is 17.6 Å². The number of carbonyl (C=O) groups excluding carboxylic acids is 1. The molecule has 31 heavy (non-hydrogen) atoms. The number of rotatable bonds is 8. The second kappa shape index (κ2) is 9.76. The average Bonchev–Trinajstić information content (AvgIpc) is 3.09. The number of aromatic nitrogens is 1. The molecule has 0 fully saturated rings. The topological polar surface area (TPSA) is 81.0 Å². The van der Waals surface area contributed by atoms with Crippen LogP contribution in [0.15, 0.2) is 52.4 Å². The Hall–Kier alpha value is -2.49. The molecule has 0 unspecified atom stereocenters. The van der Waals surface area contributed by atoms with Crippen molar-refractivity contribution in [1.82, 2.24) is 4.57 Å². The number of nitrogens with zero attached hydrogens (tertiary/aromatic N) is 3. The summed E-state index contributed by atoms with van der Waals surface area (Å²) in [4.78, 5) is 20.2. The van der Waals surface area contributed by atoms with Gasteiger partial charge in [-0.25, -0.2) is 8.42 Å². The second-order valence-electron chi connectivity index (χ2n) is 7.07. The molecule has 0 saturated heterocycles. The summed E-state index contributed by atoms with van der Waals surface area (Å²) in [6.45, 7) is 6.91. The van der Waals surface area contributed by atoms with E-state index < -0.39 is 9.84 Å². The van der Waals surface area contributed by atoms with E-state index in [1.54, 1.807) is 37.4 Å². The number of amides is 1. The third kappa shape index (κ3) is 5.23. The predicted molar refractivity (Wildman–Crippen MR) is 125 cm³/mol. The Morgan fingerprint density at radius 1 is 1.13 bits per heavy atom. The first-order valence-electron chi connectivity index (χ1n) is 10.0. The Kier molecular flexibility index (Phi) is 7.30. The summed E-state index contributed by atoms with van der Waals surface area (Å²) in [6, 6.07) is 12.4. The van der Waals surface area contributed by atoms with Gasteiger partial charge in [0.2, 0.25) is 0 Å². The fraction of sp³-hybridized carbons (Fsp3) is 0.364. The number of sulfone groups is 1. The van der Waals surface area contributed by atoms with Crippen LogP contribution in [0.1, 0.15) is 24.2 Å². The normalized spacial score (nSPS) is 12.5. The van der Waals surface area contributed by atoms with Crippen molar-refractivity contribution in [3.63, 3.8) is 0 Å². The molecule has 2 aromatic carbocycles. The van der Waals surface area contributed by atoms with Gasteiger partial charge in [-0.1, -0.05) is 11.3 Å². The Morgan fingerprint density at radius 2 is 1.81 bits per heavy atom. The smallest absolute Gasteiger partial charge is 0.279 e. The molecular formula is C22H27N3O4S2. The number of methoxy groups -OCH3 is 1. The molecule has 0 bridgehead atoms. The van der Waals surface area contributed by atoms with E-state index in [2.05, 4.69) is 23.7 Å². The van der Waals surface area contributed by atoms with E-state index in [0.29, 0.717) is 23.5 Å². The summed E-state index contributed by atoms with van der Waals surface area (Å²) in [7, 11) is -1.72. The Labute approximate surface area is 186 Å². The molecule has 0 radical (unpaired) electrons. The van der Waals surface area contributed by atoms with E-state index in [1.807, 2.05) is 16.7 Å². The van der Waals surface area contributed by atoms with Crippen LogP contribution in [0, 0.1) is 0 Å². The molecule has 0 aliphatic carbocycles.